The van der Waals surface area contributed by atoms with E-state index in [1.54, 1.807) is 14.0 Å². The molecular formula is C10H18N2O2. The second-order valence-electron chi connectivity index (χ2n) is 3.83. The molecule has 0 radical (unpaired) electrons. The van der Waals surface area contributed by atoms with Gasteiger partial charge in [-0.25, -0.2) is 0 Å². The Morgan fingerprint density at radius 1 is 1.36 bits per heavy atom. The minimum atomic E-state index is 0.0475. The standard InChI is InChI=1S/C10H18N2O2/c1-8(13)9-3-5-12(6-4-9)7-10(14)11-2/h9H,3-7H2,1-2H3,(H,11,14). The number of hydrogen-bond donors (Lipinski definition) is 1. The summed E-state index contributed by atoms with van der Waals surface area (Å²) in [5, 5.41) is 2.60. The van der Waals surface area contributed by atoms with Gasteiger partial charge in [-0.15, -0.1) is 0 Å². The number of likely N-dealkylation sites (tertiary alicyclic amines) is 1. The molecule has 0 unspecified atom stereocenters. The highest BCUT2D eigenvalue weighted by Crippen LogP contribution is 2.17. The lowest BCUT2D eigenvalue weighted by atomic mass is 9.93. The molecule has 1 aliphatic rings. The maximum Gasteiger partial charge on any atom is 0.233 e. The zero-order chi connectivity index (χ0) is 10.6. The molecule has 0 aromatic rings. The number of carbonyl (C=O) groups excluding carboxylic acids is 2. The third-order valence-electron chi connectivity index (χ3n) is 2.81. The van der Waals surface area contributed by atoms with Gasteiger partial charge < -0.3 is 5.32 Å². The van der Waals surface area contributed by atoms with Gasteiger partial charge in [-0.2, -0.15) is 0 Å². The first kappa shape index (κ1) is 11.2. The SMILES string of the molecule is CNC(=O)CN1CCC(C(C)=O)CC1. The van der Waals surface area contributed by atoms with Gasteiger partial charge in [0.1, 0.15) is 5.78 Å². The van der Waals surface area contributed by atoms with Crippen LogP contribution in [0.2, 0.25) is 0 Å². The largest absolute Gasteiger partial charge is 0.358 e. The summed E-state index contributed by atoms with van der Waals surface area (Å²) in [7, 11) is 1.64. The Bertz CT molecular complexity index is 220. The van der Waals surface area contributed by atoms with E-state index in [9.17, 15) is 9.59 Å². The van der Waals surface area contributed by atoms with E-state index in [1.165, 1.54) is 0 Å². The van der Waals surface area contributed by atoms with Crippen LogP contribution in [0.15, 0.2) is 0 Å². The molecule has 0 bridgehead atoms. The first-order chi connectivity index (χ1) is 6.63. The van der Waals surface area contributed by atoms with Gasteiger partial charge in [-0.05, 0) is 32.9 Å². The Labute approximate surface area is 84.7 Å². The number of likely N-dealkylation sites (N-methyl/N-ethyl adjacent to an activating group) is 1. The average molecular weight is 198 g/mol. The lowest BCUT2D eigenvalue weighted by molar-refractivity contribution is -0.123. The Morgan fingerprint density at radius 3 is 2.36 bits per heavy atom. The van der Waals surface area contributed by atoms with Gasteiger partial charge in [-0.3, -0.25) is 14.5 Å². The number of nitrogens with one attached hydrogen (secondary N) is 1. The summed E-state index contributed by atoms with van der Waals surface area (Å²) in [6, 6.07) is 0. The molecule has 1 aliphatic heterocycles. The van der Waals surface area contributed by atoms with Crippen LogP contribution < -0.4 is 5.32 Å². The second kappa shape index (κ2) is 5.10. The van der Waals surface area contributed by atoms with Gasteiger partial charge in [0, 0.05) is 13.0 Å². The van der Waals surface area contributed by atoms with Crippen LogP contribution in [0.1, 0.15) is 19.8 Å². The fourth-order valence-corrected chi connectivity index (χ4v) is 1.78. The summed E-state index contributed by atoms with van der Waals surface area (Å²) in [5.41, 5.74) is 0. The average Bonchev–Trinajstić information content (AvgIpc) is 2.18. The van der Waals surface area contributed by atoms with Crippen molar-refractivity contribution in [2.45, 2.75) is 19.8 Å². The van der Waals surface area contributed by atoms with Crippen LogP contribution in [0.25, 0.3) is 0 Å². The van der Waals surface area contributed by atoms with Gasteiger partial charge in [0.25, 0.3) is 0 Å². The Kier molecular flexibility index (Phi) is 4.07. The van der Waals surface area contributed by atoms with Gasteiger partial charge >= 0.3 is 0 Å². The molecule has 80 valence electrons. The number of rotatable bonds is 3. The summed E-state index contributed by atoms with van der Waals surface area (Å²) in [6.45, 7) is 3.83. The fraction of sp³-hybridized carbons (Fsp3) is 0.800. The van der Waals surface area contributed by atoms with Crippen LogP contribution in [0.5, 0.6) is 0 Å². The molecule has 1 saturated heterocycles. The van der Waals surface area contributed by atoms with Crippen LogP contribution in [-0.2, 0) is 9.59 Å². The molecule has 1 heterocycles. The predicted molar refractivity (Wildman–Crippen MR) is 53.9 cm³/mol. The van der Waals surface area contributed by atoms with E-state index >= 15 is 0 Å². The molecule has 0 spiro atoms. The normalized spacial score (nSPS) is 19.3. The summed E-state index contributed by atoms with van der Waals surface area (Å²) >= 11 is 0. The van der Waals surface area contributed by atoms with Gasteiger partial charge in [0.2, 0.25) is 5.91 Å². The number of piperidine rings is 1. The molecule has 0 saturated carbocycles. The summed E-state index contributed by atoms with van der Waals surface area (Å²) in [5.74, 6) is 0.548. The van der Waals surface area contributed by atoms with Crippen molar-refractivity contribution in [3.05, 3.63) is 0 Å². The molecule has 0 aliphatic carbocycles. The van der Waals surface area contributed by atoms with Crippen molar-refractivity contribution in [1.82, 2.24) is 10.2 Å². The molecule has 1 amide bonds. The zero-order valence-electron chi connectivity index (χ0n) is 8.88. The molecule has 0 aromatic carbocycles. The highest BCUT2D eigenvalue weighted by molar-refractivity contribution is 5.79. The lowest BCUT2D eigenvalue weighted by Gasteiger charge is -2.29. The van der Waals surface area contributed by atoms with E-state index in [4.69, 9.17) is 0 Å². The van der Waals surface area contributed by atoms with E-state index in [-0.39, 0.29) is 17.6 Å². The van der Waals surface area contributed by atoms with Crippen molar-refractivity contribution in [2.75, 3.05) is 26.7 Å². The Balaban J connectivity index is 2.29. The first-order valence-corrected chi connectivity index (χ1v) is 5.07. The van der Waals surface area contributed by atoms with Crippen molar-refractivity contribution in [3.8, 4) is 0 Å². The Hall–Kier alpha value is -0.900. The highest BCUT2D eigenvalue weighted by atomic mass is 16.2. The maximum atomic E-state index is 11.1. The fourth-order valence-electron chi connectivity index (χ4n) is 1.78. The van der Waals surface area contributed by atoms with E-state index in [2.05, 4.69) is 10.2 Å². The van der Waals surface area contributed by atoms with E-state index in [0.29, 0.717) is 6.54 Å². The van der Waals surface area contributed by atoms with Crippen LogP contribution in [0.4, 0.5) is 0 Å². The lowest BCUT2D eigenvalue weighted by Crippen LogP contribution is -2.41. The van der Waals surface area contributed by atoms with Crippen LogP contribution in [-0.4, -0.2) is 43.3 Å². The van der Waals surface area contributed by atoms with Crippen molar-refractivity contribution >= 4 is 11.7 Å². The number of hydrogen-bond acceptors (Lipinski definition) is 3. The number of amides is 1. The Morgan fingerprint density at radius 2 is 1.93 bits per heavy atom. The van der Waals surface area contributed by atoms with Crippen LogP contribution >= 0.6 is 0 Å². The molecule has 4 nitrogen and oxygen atoms in total. The molecular weight excluding hydrogens is 180 g/mol. The molecule has 14 heavy (non-hydrogen) atoms. The molecule has 1 fully saturated rings. The minimum absolute atomic E-state index is 0.0475. The minimum Gasteiger partial charge on any atom is -0.358 e. The van der Waals surface area contributed by atoms with Gasteiger partial charge in [-0.1, -0.05) is 0 Å². The van der Waals surface area contributed by atoms with E-state index in [1.807, 2.05) is 0 Å². The smallest absolute Gasteiger partial charge is 0.233 e. The van der Waals surface area contributed by atoms with Crippen molar-refractivity contribution in [2.24, 2.45) is 5.92 Å². The van der Waals surface area contributed by atoms with Crippen LogP contribution in [0.3, 0.4) is 0 Å². The van der Waals surface area contributed by atoms with E-state index in [0.717, 1.165) is 25.9 Å². The molecule has 1 rings (SSSR count). The highest BCUT2D eigenvalue weighted by Gasteiger charge is 2.22. The molecule has 1 N–H and O–H groups in total. The quantitative estimate of drug-likeness (QED) is 0.696. The van der Waals surface area contributed by atoms with Crippen molar-refractivity contribution in [1.29, 1.82) is 0 Å². The molecule has 0 aromatic heterocycles. The van der Waals surface area contributed by atoms with Gasteiger partial charge in [0.15, 0.2) is 0 Å². The second-order valence-corrected chi connectivity index (χ2v) is 3.83. The number of ketones is 1. The number of nitrogens with zero attached hydrogens (tertiary/aromatic N) is 1. The zero-order valence-corrected chi connectivity index (χ0v) is 8.88. The number of carbonyl (C=O) groups is 2. The predicted octanol–water partition coefficient (Wildman–Crippen LogP) is 0.0334. The topological polar surface area (TPSA) is 49.4 Å². The van der Waals surface area contributed by atoms with Crippen molar-refractivity contribution in [3.63, 3.8) is 0 Å². The maximum absolute atomic E-state index is 11.1. The number of Topliss-reactive ketones (excluding diaryl/α,β-unsaturated/α-hetero) is 1. The third-order valence-corrected chi connectivity index (χ3v) is 2.81. The van der Waals surface area contributed by atoms with E-state index < -0.39 is 0 Å². The molecule has 4 heteroatoms. The van der Waals surface area contributed by atoms with Gasteiger partial charge in [0.05, 0.1) is 6.54 Å². The first-order valence-electron chi connectivity index (χ1n) is 5.07. The summed E-state index contributed by atoms with van der Waals surface area (Å²) in [6.07, 6.45) is 1.79. The van der Waals surface area contributed by atoms with Crippen molar-refractivity contribution < 1.29 is 9.59 Å². The summed E-state index contributed by atoms with van der Waals surface area (Å²) in [4.78, 5) is 24.3. The third kappa shape index (κ3) is 3.10. The van der Waals surface area contributed by atoms with Crippen LogP contribution in [0, 0.1) is 5.92 Å². The summed E-state index contributed by atoms with van der Waals surface area (Å²) < 4.78 is 0. The monoisotopic (exact) mass is 198 g/mol. The molecule has 0 atom stereocenters.